The molecule has 0 aliphatic heterocycles. The fourth-order valence-electron chi connectivity index (χ4n) is 1.42. The Bertz CT molecular complexity index is 523. The van der Waals surface area contributed by atoms with Crippen LogP contribution in [0.3, 0.4) is 0 Å². The van der Waals surface area contributed by atoms with E-state index in [4.69, 9.17) is 0 Å². The van der Waals surface area contributed by atoms with Crippen molar-refractivity contribution in [2.45, 2.75) is 24.3 Å². The van der Waals surface area contributed by atoms with Gasteiger partial charge in [-0.2, -0.15) is 21.6 Å². The minimum Gasteiger partial charge on any atom is -0.276 e. The number of alkyl halides is 3. The first-order valence-electron chi connectivity index (χ1n) is 4.84. The van der Waals surface area contributed by atoms with E-state index in [1.807, 2.05) is 0 Å². The molecule has 1 heterocycles. The van der Waals surface area contributed by atoms with Crippen molar-refractivity contribution in [3.8, 4) is 0 Å². The van der Waals surface area contributed by atoms with Crippen LogP contribution in [-0.2, 0) is 10.0 Å². The van der Waals surface area contributed by atoms with Crippen molar-refractivity contribution in [2.24, 2.45) is 0 Å². The molecule has 0 aromatic carbocycles. The molecule has 0 bridgehead atoms. The first kappa shape index (κ1) is 12.2. The summed E-state index contributed by atoms with van der Waals surface area (Å²) >= 11 is 0. The highest BCUT2D eigenvalue weighted by molar-refractivity contribution is 7.93. The van der Waals surface area contributed by atoms with E-state index in [9.17, 15) is 21.6 Å². The molecule has 17 heavy (non-hydrogen) atoms. The van der Waals surface area contributed by atoms with Crippen molar-refractivity contribution in [2.75, 3.05) is 4.72 Å². The van der Waals surface area contributed by atoms with Crippen LogP contribution in [0.1, 0.15) is 24.3 Å². The maximum atomic E-state index is 12.2. The molecule has 1 saturated carbocycles. The first-order valence-corrected chi connectivity index (χ1v) is 6.32. The van der Waals surface area contributed by atoms with Gasteiger partial charge in [0.2, 0.25) is 0 Å². The van der Waals surface area contributed by atoms with Gasteiger partial charge in [-0.3, -0.25) is 9.71 Å². The van der Waals surface area contributed by atoms with Gasteiger partial charge >= 0.3 is 15.5 Å². The second-order valence-electron chi connectivity index (χ2n) is 3.79. The highest BCUT2D eigenvalue weighted by Crippen LogP contribution is 2.43. The van der Waals surface area contributed by atoms with E-state index >= 15 is 0 Å². The molecule has 4 nitrogen and oxygen atoms in total. The molecule has 8 heteroatoms. The van der Waals surface area contributed by atoms with Gasteiger partial charge in [0.15, 0.2) is 0 Å². The summed E-state index contributed by atoms with van der Waals surface area (Å²) in [4.78, 5) is 3.78. The monoisotopic (exact) mass is 266 g/mol. The summed E-state index contributed by atoms with van der Waals surface area (Å²) in [6.07, 6.45) is 4.32. The summed E-state index contributed by atoms with van der Waals surface area (Å²) in [7, 11) is -5.36. The zero-order valence-electron chi connectivity index (χ0n) is 8.53. The van der Waals surface area contributed by atoms with Gasteiger partial charge in [-0.25, -0.2) is 0 Å². The third-order valence-corrected chi connectivity index (χ3v) is 3.52. The van der Waals surface area contributed by atoms with Gasteiger partial charge in [-0.05, 0) is 30.4 Å². The summed E-state index contributed by atoms with van der Waals surface area (Å²) < 4.78 is 60.1. The fraction of sp³-hybridized carbons (Fsp3) is 0.444. The van der Waals surface area contributed by atoms with Crippen LogP contribution >= 0.6 is 0 Å². The van der Waals surface area contributed by atoms with E-state index in [-0.39, 0.29) is 11.6 Å². The minimum atomic E-state index is -5.36. The highest BCUT2D eigenvalue weighted by atomic mass is 32.2. The average Bonchev–Trinajstić information content (AvgIpc) is 2.99. The molecular formula is C9H9F3N2O2S. The lowest BCUT2D eigenvalue weighted by atomic mass is 10.1. The maximum absolute atomic E-state index is 12.2. The van der Waals surface area contributed by atoms with E-state index in [1.165, 1.54) is 18.5 Å². The van der Waals surface area contributed by atoms with Crippen LogP contribution in [0, 0.1) is 0 Å². The quantitative estimate of drug-likeness (QED) is 0.912. The van der Waals surface area contributed by atoms with E-state index in [0.29, 0.717) is 5.56 Å². The molecule has 1 aromatic rings. The first-order chi connectivity index (χ1) is 7.81. The van der Waals surface area contributed by atoms with Gasteiger partial charge in [-0.1, -0.05) is 0 Å². The Hall–Kier alpha value is -1.31. The summed E-state index contributed by atoms with van der Waals surface area (Å²) in [5, 5.41) is 0. The number of nitrogens with one attached hydrogen (secondary N) is 1. The van der Waals surface area contributed by atoms with Gasteiger partial charge in [0, 0.05) is 12.4 Å². The zero-order valence-corrected chi connectivity index (χ0v) is 9.35. The second kappa shape index (κ2) is 3.86. The SMILES string of the molecule is O=S(=O)(Nc1ccncc1C1CC1)C(F)(F)F. The van der Waals surface area contributed by atoms with Crippen molar-refractivity contribution in [1.82, 2.24) is 4.98 Å². The van der Waals surface area contributed by atoms with E-state index in [1.54, 1.807) is 4.72 Å². The van der Waals surface area contributed by atoms with Crippen LogP contribution in [-0.4, -0.2) is 18.9 Å². The molecule has 1 fully saturated rings. The van der Waals surface area contributed by atoms with Crippen molar-refractivity contribution in [3.05, 3.63) is 24.0 Å². The van der Waals surface area contributed by atoms with Gasteiger partial charge in [-0.15, -0.1) is 0 Å². The Morgan fingerprint density at radius 2 is 2.00 bits per heavy atom. The number of hydrogen-bond acceptors (Lipinski definition) is 3. The molecule has 2 rings (SSSR count). The Morgan fingerprint density at radius 3 is 2.53 bits per heavy atom. The van der Waals surface area contributed by atoms with Gasteiger partial charge in [0.25, 0.3) is 0 Å². The molecule has 0 spiro atoms. The molecular weight excluding hydrogens is 257 g/mol. The number of pyridine rings is 1. The molecule has 1 aromatic heterocycles. The van der Waals surface area contributed by atoms with Crippen LogP contribution in [0.15, 0.2) is 18.5 Å². The number of halogens is 3. The largest absolute Gasteiger partial charge is 0.516 e. The third kappa shape index (κ3) is 2.51. The topological polar surface area (TPSA) is 59.1 Å². The molecule has 0 saturated heterocycles. The lowest BCUT2D eigenvalue weighted by molar-refractivity contribution is -0.0429. The Morgan fingerprint density at radius 1 is 1.35 bits per heavy atom. The smallest absolute Gasteiger partial charge is 0.276 e. The fourth-order valence-corrected chi connectivity index (χ4v) is 2.01. The van der Waals surface area contributed by atoms with Crippen molar-refractivity contribution < 1.29 is 21.6 Å². The molecule has 0 unspecified atom stereocenters. The summed E-state index contributed by atoms with van der Waals surface area (Å²) in [6.45, 7) is 0. The van der Waals surface area contributed by atoms with E-state index in [0.717, 1.165) is 12.8 Å². The van der Waals surface area contributed by atoms with Crippen LogP contribution in [0.2, 0.25) is 0 Å². The van der Waals surface area contributed by atoms with Crippen molar-refractivity contribution in [1.29, 1.82) is 0 Å². The number of anilines is 1. The Labute approximate surface area is 95.9 Å². The molecule has 1 aliphatic rings. The van der Waals surface area contributed by atoms with Gasteiger partial charge in [0.05, 0.1) is 5.69 Å². The normalized spacial score (nSPS) is 16.9. The number of sulfonamides is 1. The molecule has 0 radical (unpaired) electrons. The van der Waals surface area contributed by atoms with Crippen LogP contribution in [0.4, 0.5) is 18.9 Å². The third-order valence-electron chi connectivity index (χ3n) is 2.42. The Kier molecular flexibility index (Phi) is 2.76. The van der Waals surface area contributed by atoms with E-state index < -0.39 is 15.5 Å². The average molecular weight is 266 g/mol. The number of aromatic nitrogens is 1. The summed E-state index contributed by atoms with van der Waals surface area (Å²) in [6, 6.07) is 1.23. The molecule has 94 valence electrons. The number of nitrogens with zero attached hydrogens (tertiary/aromatic N) is 1. The lowest BCUT2D eigenvalue weighted by Gasteiger charge is -2.13. The molecule has 1 N–H and O–H groups in total. The lowest BCUT2D eigenvalue weighted by Crippen LogP contribution is -2.30. The molecule has 0 amide bonds. The molecule has 0 atom stereocenters. The van der Waals surface area contributed by atoms with Crippen molar-refractivity contribution in [3.63, 3.8) is 0 Å². The van der Waals surface area contributed by atoms with E-state index in [2.05, 4.69) is 4.98 Å². The number of rotatable bonds is 3. The predicted octanol–water partition coefficient (Wildman–Crippen LogP) is 2.22. The minimum absolute atomic E-state index is 0.0418. The highest BCUT2D eigenvalue weighted by Gasteiger charge is 2.46. The molecule has 1 aliphatic carbocycles. The summed E-state index contributed by atoms with van der Waals surface area (Å²) in [5.74, 6) is 0.106. The maximum Gasteiger partial charge on any atom is 0.516 e. The predicted molar refractivity (Wildman–Crippen MR) is 54.8 cm³/mol. The zero-order chi connectivity index (χ0) is 12.7. The standard InChI is InChI=1S/C9H9F3N2O2S/c10-9(11,12)17(15,16)14-8-3-4-13-5-7(8)6-1-2-6/h3-6H,1-2H2,(H,13,14). The summed E-state index contributed by atoms with van der Waals surface area (Å²) in [5.41, 5.74) is -4.84. The second-order valence-corrected chi connectivity index (χ2v) is 5.46. The Balaban J connectivity index is 2.31. The number of hydrogen-bond donors (Lipinski definition) is 1. The van der Waals surface area contributed by atoms with Gasteiger partial charge in [0.1, 0.15) is 0 Å². The van der Waals surface area contributed by atoms with Crippen LogP contribution < -0.4 is 4.72 Å². The van der Waals surface area contributed by atoms with Crippen molar-refractivity contribution >= 4 is 15.7 Å². The van der Waals surface area contributed by atoms with Gasteiger partial charge < -0.3 is 0 Å². The van der Waals surface area contributed by atoms with Crippen LogP contribution in [0.25, 0.3) is 0 Å². The van der Waals surface area contributed by atoms with Crippen LogP contribution in [0.5, 0.6) is 0 Å².